The van der Waals surface area contributed by atoms with Crippen molar-refractivity contribution in [3.8, 4) is 103 Å². The van der Waals surface area contributed by atoms with Crippen molar-refractivity contribution >= 4 is 0 Å². The quantitative estimate of drug-likeness (QED) is 0.106. The van der Waals surface area contributed by atoms with Crippen LogP contribution in [0.5, 0.6) is 34.5 Å². The number of phenols is 5. The molecule has 12 heteroatoms. The van der Waals surface area contributed by atoms with E-state index in [1.165, 1.54) is 19.2 Å². The topological polar surface area (TPSA) is 188 Å². The van der Waals surface area contributed by atoms with Gasteiger partial charge < -0.3 is 30.3 Å². The molecule has 0 aliphatic heterocycles. The van der Waals surface area contributed by atoms with E-state index < -0.39 is 0 Å². The molecule has 0 aliphatic carbocycles. The summed E-state index contributed by atoms with van der Waals surface area (Å²) in [7, 11) is 1.46. The molecule has 0 saturated heterocycles. The van der Waals surface area contributed by atoms with Gasteiger partial charge in [-0.25, -0.2) is 29.9 Å². The smallest absolute Gasteiger partial charge is 0.171 e. The van der Waals surface area contributed by atoms with Crippen molar-refractivity contribution in [2.45, 2.75) is 0 Å². The minimum atomic E-state index is -0.322. The molecule has 0 fully saturated rings. The van der Waals surface area contributed by atoms with Crippen LogP contribution in [0.25, 0.3) is 68.3 Å². The summed E-state index contributed by atoms with van der Waals surface area (Å²) in [5.41, 5.74) is 3.31. The Morgan fingerprint density at radius 1 is 0.345 bits per heavy atom. The number of ether oxygens (including phenoxy) is 1. The SMILES string of the molecule is COc1cc(O)c(-c2nc(-c3ccccc3)nc(-c3ccccc3)n2)c(O)c1.Oc1cc(O)c(-c2nc(-c3ccccc3)nc(-c3ccccc3)n2)c(O)c1. The van der Waals surface area contributed by atoms with Gasteiger partial charge >= 0.3 is 0 Å². The minimum Gasteiger partial charge on any atom is -0.508 e. The molecule has 270 valence electrons. The van der Waals surface area contributed by atoms with Crippen molar-refractivity contribution < 1.29 is 30.3 Å². The third-order valence-corrected chi connectivity index (χ3v) is 8.23. The molecule has 0 radical (unpaired) electrons. The third-order valence-electron chi connectivity index (χ3n) is 8.23. The lowest BCUT2D eigenvalue weighted by atomic mass is 10.1. The van der Waals surface area contributed by atoms with Crippen molar-refractivity contribution in [1.82, 2.24) is 29.9 Å². The van der Waals surface area contributed by atoms with Crippen LogP contribution in [0.1, 0.15) is 0 Å². The van der Waals surface area contributed by atoms with Gasteiger partial charge in [0.25, 0.3) is 0 Å². The van der Waals surface area contributed by atoms with Gasteiger partial charge in [0.05, 0.1) is 7.11 Å². The maximum absolute atomic E-state index is 10.4. The van der Waals surface area contributed by atoms with Crippen LogP contribution in [0, 0.1) is 0 Å². The standard InChI is InChI=1S/C22H17N3O3.C21H15N3O3/c1-28-16-12-17(26)19(18(27)13-16)22-24-20(14-8-4-2-5-9-14)23-21(25-22)15-10-6-3-7-11-15;25-15-11-16(26)18(17(27)12-15)21-23-19(13-7-3-1-4-8-13)22-20(24-21)14-9-5-2-6-10-14/h2-13,26-27H,1H3;1-12,25-27H. The van der Waals surface area contributed by atoms with Gasteiger partial charge in [0.2, 0.25) is 0 Å². The highest BCUT2D eigenvalue weighted by atomic mass is 16.5. The molecule has 8 aromatic rings. The van der Waals surface area contributed by atoms with Gasteiger partial charge in [0.15, 0.2) is 34.9 Å². The summed E-state index contributed by atoms with van der Waals surface area (Å²) in [6, 6.07) is 42.7. The van der Waals surface area contributed by atoms with Crippen molar-refractivity contribution in [2.75, 3.05) is 7.11 Å². The van der Waals surface area contributed by atoms with Crippen LogP contribution < -0.4 is 4.74 Å². The van der Waals surface area contributed by atoms with Crippen LogP contribution >= 0.6 is 0 Å². The van der Waals surface area contributed by atoms with E-state index in [0.29, 0.717) is 29.0 Å². The Morgan fingerprint density at radius 3 is 0.873 bits per heavy atom. The molecule has 0 amide bonds. The van der Waals surface area contributed by atoms with Gasteiger partial charge in [-0.2, -0.15) is 0 Å². The molecule has 8 rings (SSSR count). The zero-order chi connectivity index (χ0) is 38.3. The zero-order valence-corrected chi connectivity index (χ0v) is 29.2. The first-order chi connectivity index (χ1) is 26.8. The number of phenolic OH excluding ortho intramolecular Hbond substituents is 5. The van der Waals surface area contributed by atoms with E-state index in [1.54, 1.807) is 0 Å². The summed E-state index contributed by atoms with van der Waals surface area (Å²) in [5, 5.41) is 50.9. The van der Waals surface area contributed by atoms with E-state index in [2.05, 4.69) is 29.9 Å². The monoisotopic (exact) mass is 728 g/mol. The van der Waals surface area contributed by atoms with Crippen LogP contribution in [0.2, 0.25) is 0 Å². The van der Waals surface area contributed by atoms with E-state index in [0.717, 1.165) is 34.4 Å². The Hall–Kier alpha value is -7.86. The van der Waals surface area contributed by atoms with Gasteiger partial charge in [-0.05, 0) is 0 Å². The van der Waals surface area contributed by atoms with E-state index in [9.17, 15) is 25.5 Å². The van der Waals surface area contributed by atoms with Gasteiger partial charge in [0.1, 0.15) is 45.6 Å². The fourth-order valence-corrected chi connectivity index (χ4v) is 5.60. The van der Waals surface area contributed by atoms with Crippen LogP contribution in [0.3, 0.4) is 0 Å². The van der Waals surface area contributed by atoms with Crippen LogP contribution in [0.4, 0.5) is 0 Å². The molecule has 2 heterocycles. The molecule has 2 aromatic heterocycles. The van der Waals surface area contributed by atoms with Gasteiger partial charge in [-0.3, -0.25) is 0 Å². The predicted molar refractivity (Wildman–Crippen MR) is 207 cm³/mol. The van der Waals surface area contributed by atoms with E-state index in [4.69, 9.17) is 4.74 Å². The predicted octanol–water partition coefficient (Wildman–Crippen LogP) is 8.28. The molecule has 5 N–H and O–H groups in total. The van der Waals surface area contributed by atoms with Crippen molar-refractivity contribution in [2.24, 2.45) is 0 Å². The second-order valence-corrected chi connectivity index (χ2v) is 12.0. The number of aromatic nitrogens is 6. The van der Waals surface area contributed by atoms with E-state index in [-0.39, 0.29) is 51.5 Å². The first-order valence-corrected chi connectivity index (χ1v) is 16.9. The lowest BCUT2D eigenvalue weighted by molar-refractivity contribution is 0.399. The van der Waals surface area contributed by atoms with Gasteiger partial charge in [0, 0.05) is 46.5 Å². The Morgan fingerprint density at radius 2 is 0.600 bits per heavy atom. The van der Waals surface area contributed by atoms with Crippen molar-refractivity contribution in [1.29, 1.82) is 0 Å². The number of nitrogens with zero attached hydrogens (tertiary/aromatic N) is 6. The molecule has 0 aliphatic rings. The molecule has 0 bridgehead atoms. The largest absolute Gasteiger partial charge is 0.508 e. The summed E-state index contributed by atoms with van der Waals surface area (Å²) < 4.78 is 5.08. The molecular formula is C43H32N6O6. The van der Waals surface area contributed by atoms with Crippen LogP contribution in [0.15, 0.2) is 146 Å². The number of hydrogen-bond donors (Lipinski definition) is 5. The normalized spacial score (nSPS) is 10.6. The average molecular weight is 729 g/mol. The average Bonchev–Trinajstić information content (AvgIpc) is 3.21. The molecular weight excluding hydrogens is 697 g/mol. The maximum Gasteiger partial charge on any atom is 0.171 e. The van der Waals surface area contributed by atoms with Gasteiger partial charge in [-0.1, -0.05) is 121 Å². The molecule has 55 heavy (non-hydrogen) atoms. The second kappa shape index (κ2) is 15.8. The molecule has 0 saturated carbocycles. The van der Waals surface area contributed by atoms with Gasteiger partial charge in [-0.15, -0.1) is 0 Å². The number of rotatable bonds is 7. The molecule has 0 unspecified atom stereocenters. The Kier molecular flexibility index (Phi) is 10.2. The third kappa shape index (κ3) is 7.98. The summed E-state index contributed by atoms with van der Waals surface area (Å²) in [4.78, 5) is 27.0. The molecule has 6 aromatic carbocycles. The highest BCUT2D eigenvalue weighted by Gasteiger charge is 2.20. The fraction of sp³-hybridized carbons (Fsp3) is 0.0233. The summed E-state index contributed by atoms with van der Waals surface area (Å²) in [6.07, 6.45) is 0. The first kappa shape index (κ1) is 35.5. The number of benzene rings is 6. The summed E-state index contributed by atoms with van der Waals surface area (Å²) in [6.45, 7) is 0. The zero-order valence-electron chi connectivity index (χ0n) is 29.2. The Balaban J connectivity index is 0.000000169. The minimum absolute atomic E-state index is 0.0320. The first-order valence-electron chi connectivity index (χ1n) is 16.9. The van der Waals surface area contributed by atoms with Crippen molar-refractivity contribution in [3.63, 3.8) is 0 Å². The molecule has 0 atom stereocenters. The number of methoxy groups -OCH3 is 1. The van der Waals surface area contributed by atoms with Crippen molar-refractivity contribution in [3.05, 3.63) is 146 Å². The fourth-order valence-electron chi connectivity index (χ4n) is 5.60. The van der Waals surface area contributed by atoms with E-state index in [1.807, 2.05) is 121 Å². The van der Waals surface area contributed by atoms with Crippen LogP contribution in [-0.2, 0) is 0 Å². The summed E-state index contributed by atoms with van der Waals surface area (Å²) in [5.74, 6) is 1.06. The summed E-state index contributed by atoms with van der Waals surface area (Å²) >= 11 is 0. The van der Waals surface area contributed by atoms with Crippen LogP contribution in [-0.4, -0.2) is 62.5 Å². The lowest BCUT2D eigenvalue weighted by Gasteiger charge is -2.11. The lowest BCUT2D eigenvalue weighted by Crippen LogP contribution is -2.00. The number of hydrogen-bond acceptors (Lipinski definition) is 12. The molecule has 0 spiro atoms. The van der Waals surface area contributed by atoms with E-state index >= 15 is 0 Å². The highest BCUT2D eigenvalue weighted by molar-refractivity contribution is 5.77. The second-order valence-electron chi connectivity index (χ2n) is 12.0. The molecule has 12 nitrogen and oxygen atoms in total. The maximum atomic E-state index is 10.4. The Bertz CT molecular complexity index is 2420. The Labute approximate surface area is 315 Å². The number of aromatic hydroxyl groups is 5. The highest BCUT2D eigenvalue weighted by Crippen LogP contribution is 2.41.